The summed E-state index contributed by atoms with van der Waals surface area (Å²) >= 11 is 0. The smallest absolute Gasteiger partial charge is 0.136 e. The van der Waals surface area contributed by atoms with E-state index in [-0.39, 0.29) is 16.7 Å². The van der Waals surface area contributed by atoms with Crippen LogP contribution in [0.2, 0.25) is 0 Å². The highest BCUT2D eigenvalue weighted by Crippen LogP contribution is 2.47. The third-order valence-electron chi connectivity index (χ3n) is 5.51. The van der Waals surface area contributed by atoms with Crippen LogP contribution in [0.5, 0.6) is 0 Å². The fraction of sp³-hybridized carbons (Fsp3) is 0.857. The standard InChI is InChI=1S/C11H20O.C10H18/c1-8-9(12)6-10(2,3)7-11(8,4)5;1-8-5-9(2)7-10(3,4)6-8/h8H,6-7H2,1-5H3;9H,1,5-7H2,2-4H3. The van der Waals surface area contributed by atoms with Gasteiger partial charge in [-0.2, -0.15) is 0 Å². The topological polar surface area (TPSA) is 17.1 Å². The largest absolute Gasteiger partial charge is 0.299 e. The van der Waals surface area contributed by atoms with Crippen molar-refractivity contribution < 1.29 is 4.79 Å². The molecule has 2 unspecified atom stereocenters. The molecule has 128 valence electrons. The molecular weight excluding hydrogens is 268 g/mol. The Balaban J connectivity index is 0.000000224. The molecular formula is C21H38O. The number of hydrogen-bond donors (Lipinski definition) is 0. The quantitative estimate of drug-likeness (QED) is 0.471. The van der Waals surface area contributed by atoms with Crippen molar-refractivity contribution in [3.63, 3.8) is 0 Å². The SMILES string of the molecule is C=C1CC(C)CC(C)(C)C1.CC1C(=O)CC(C)(C)CC1(C)C. The van der Waals surface area contributed by atoms with E-state index in [1.165, 1.54) is 24.8 Å². The lowest BCUT2D eigenvalue weighted by atomic mass is 9.60. The van der Waals surface area contributed by atoms with Gasteiger partial charge in [-0.3, -0.25) is 4.79 Å². The average Bonchev–Trinajstić information content (AvgIpc) is 2.20. The van der Waals surface area contributed by atoms with Crippen LogP contribution < -0.4 is 0 Å². The monoisotopic (exact) mass is 306 g/mol. The summed E-state index contributed by atoms with van der Waals surface area (Å²) in [7, 11) is 0. The molecule has 2 atom stereocenters. The fourth-order valence-electron chi connectivity index (χ4n) is 4.84. The Labute approximate surface area is 139 Å². The van der Waals surface area contributed by atoms with Gasteiger partial charge >= 0.3 is 0 Å². The van der Waals surface area contributed by atoms with Gasteiger partial charge in [-0.25, -0.2) is 0 Å². The summed E-state index contributed by atoms with van der Waals surface area (Å²) in [4.78, 5) is 11.6. The Hall–Kier alpha value is -0.590. The van der Waals surface area contributed by atoms with Gasteiger partial charge in [-0.1, -0.05) is 67.5 Å². The Morgan fingerprint density at radius 2 is 1.50 bits per heavy atom. The van der Waals surface area contributed by atoms with Gasteiger partial charge in [-0.05, 0) is 47.8 Å². The number of carbonyl (C=O) groups excluding carboxylic acids is 1. The summed E-state index contributed by atoms with van der Waals surface area (Å²) in [6.45, 7) is 21.9. The van der Waals surface area contributed by atoms with Crippen molar-refractivity contribution in [3.05, 3.63) is 12.2 Å². The predicted molar refractivity (Wildman–Crippen MR) is 96.9 cm³/mol. The van der Waals surface area contributed by atoms with Gasteiger partial charge in [0.2, 0.25) is 0 Å². The van der Waals surface area contributed by atoms with E-state index in [4.69, 9.17) is 0 Å². The Kier molecular flexibility index (Phi) is 5.74. The summed E-state index contributed by atoms with van der Waals surface area (Å²) in [6.07, 6.45) is 5.78. The van der Waals surface area contributed by atoms with Crippen LogP contribution in [-0.4, -0.2) is 5.78 Å². The summed E-state index contributed by atoms with van der Waals surface area (Å²) in [5, 5.41) is 0. The molecule has 0 aromatic heterocycles. The number of rotatable bonds is 0. The summed E-state index contributed by atoms with van der Waals surface area (Å²) < 4.78 is 0. The van der Waals surface area contributed by atoms with E-state index in [1.54, 1.807) is 0 Å². The number of hydrogen-bond acceptors (Lipinski definition) is 1. The van der Waals surface area contributed by atoms with Crippen molar-refractivity contribution in [2.75, 3.05) is 0 Å². The lowest BCUT2D eigenvalue weighted by Crippen LogP contribution is -2.41. The summed E-state index contributed by atoms with van der Waals surface area (Å²) in [6, 6.07) is 0. The summed E-state index contributed by atoms with van der Waals surface area (Å²) in [5.41, 5.74) is 2.38. The first-order valence-corrected chi connectivity index (χ1v) is 8.93. The van der Waals surface area contributed by atoms with Gasteiger partial charge in [-0.15, -0.1) is 0 Å². The first-order chi connectivity index (χ1) is 9.74. The minimum Gasteiger partial charge on any atom is -0.299 e. The van der Waals surface area contributed by atoms with Crippen molar-refractivity contribution in [2.45, 2.75) is 87.5 Å². The van der Waals surface area contributed by atoms with Crippen LogP contribution in [0.15, 0.2) is 12.2 Å². The van der Waals surface area contributed by atoms with Crippen molar-refractivity contribution >= 4 is 5.78 Å². The van der Waals surface area contributed by atoms with Crippen LogP contribution >= 0.6 is 0 Å². The van der Waals surface area contributed by atoms with Gasteiger partial charge in [0.15, 0.2) is 0 Å². The average molecular weight is 307 g/mol. The molecule has 0 amide bonds. The second kappa shape index (κ2) is 6.49. The maximum absolute atomic E-state index is 11.6. The van der Waals surface area contributed by atoms with Crippen molar-refractivity contribution in [1.82, 2.24) is 0 Å². The molecule has 0 N–H and O–H groups in total. The highest BCUT2D eigenvalue weighted by atomic mass is 16.1. The number of carbonyl (C=O) groups is 1. The molecule has 0 heterocycles. The molecule has 2 fully saturated rings. The molecule has 0 radical (unpaired) electrons. The van der Waals surface area contributed by atoms with E-state index in [1.807, 2.05) is 0 Å². The maximum atomic E-state index is 11.6. The highest BCUT2D eigenvalue weighted by Gasteiger charge is 2.42. The van der Waals surface area contributed by atoms with Gasteiger partial charge < -0.3 is 0 Å². The minimum atomic E-state index is 0.193. The predicted octanol–water partition coefficient (Wildman–Crippen LogP) is 6.43. The van der Waals surface area contributed by atoms with E-state index >= 15 is 0 Å². The lowest BCUT2D eigenvalue weighted by Gasteiger charge is -2.44. The molecule has 0 aromatic carbocycles. The number of Topliss-reactive ketones (excluding diaryl/α,β-unsaturated/α-hetero) is 1. The Morgan fingerprint density at radius 1 is 0.955 bits per heavy atom. The molecule has 0 spiro atoms. The van der Waals surface area contributed by atoms with Crippen molar-refractivity contribution in [2.24, 2.45) is 28.1 Å². The summed E-state index contributed by atoms with van der Waals surface area (Å²) in [5.74, 6) is 1.54. The van der Waals surface area contributed by atoms with Crippen LogP contribution in [0.25, 0.3) is 0 Å². The first-order valence-electron chi connectivity index (χ1n) is 8.93. The van der Waals surface area contributed by atoms with E-state index in [2.05, 4.69) is 62.0 Å². The zero-order chi connectivity index (χ0) is 17.3. The molecule has 0 aromatic rings. The van der Waals surface area contributed by atoms with Gasteiger partial charge in [0.05, 0.1) is 0 Å². The third kappa shape index (κ3) is 5.56. The fourth-order valence-corrected chi connectivity index (χ4v) is 4.84. The van der Waals surface area contributed by atoms with Crippen LogP contribution in [0.1, 0.15) is 87.5 Å². The molecule has 2 saturated carbocycles. The van der Waals surface area contributed by atoms with Crippen molar-refractivity contribution in [3.8, 4) is 0 Å². The van der Waals surface area contributed by atoms with E-state index < -0.39 is 0 Å². The number of allylic oxidation sites excluding steroid dienone is 1. The third-order valence-corrected chi connectivity index (χ3v) is 5.51. The van der Waals surface area contributed by atoms with Crippen LogP contribution in [0.3, 0.4) is 0 Å². The zero-order valence-electron chi connectivity index (χ0n) is 16.3. The Morgan fingerprint density at radius 3 is 1.91 bits per heavy atom. The Bertz CT molecular complexity index is 425. The van der Waals surface area contributed by atoms with E-state index in [0.29, 0.717) is 11.2 Å². The van der Waals surface area contributed by atoms with Gasteiger partial charge in [0.25, 0.3) is 0 Å². The molecule has 2 rings (SSSR count). The normalized spacial score (nSPS) is 32.9. The van der Waals surface area contributed by atoms with Crippen LogP contribution in [0, 0.1) is 28.1 Å². The molecule has 1 heteroatoms. The van der Waals surface area contributed by atoms with E-state index in [9.17, 15) is 4.79 Å². The molecule has 0 aliphatic heterocycles. The highest BCUT2D eigenvalue weighted by molar-refractivity contribution is 5.82. The minimum absolute atomic E-state index is 0.193. The number of ketones is 1. The lowest BCUT2D eigenvalue weighted by molar-refractivity contribution is -0.133. The molecule has 22 heavy (non-hydrogen) atoms. The second-order valence-electron chi connectivity index (χ2n) is 10.3. The van der Waals surface area contributed by atoms with Crippen molar-refractivity contribution in [1.29, 1.82) is 0 Å². The molecule has 1 nitrogen and oxygen atoms in total. The molecule has 2 aliphatic carbocycles. The first kappa shape index (κ1) is 19.5. The molecule has 0 bridgehead atoms. The van der Waals surface area contributed by atoms with Crippen LogP contribution in [0.4, 0.5) is 0 Å². The van der Waals surface area contributed by atoms with Gasteiger partial charge in [0, 0.05) is 12.3 Å². The molecule has 0 saturated heterocycles. The zero-order valence-corrected chi connectivity index (χ0v) is 16.3. The van der Waals surface area contributed by atoms with Gasteiger partial charge in [0.1, 0.15) is 5.78 Å². The van der Waals surface area contributed by atoms with Crippen LogP contribution in [-0.2, 0) is 4.79 Å². The maximum Gasteiger partial charge on any atom is 0.136 e. The molecule has 2 aliphatic rings. The van der Waals surface area contributed by atoms with E-state index in [0.717, 1.165) is 18.8 Å². The second-order valence-corrected chi connectivity index (χ2v) is 10.3.